The van der Waals surface area contributed by atoms with Crippen molar-refractivity contribution in [2.45, 2.75) is 25.8 Å². The summed E-state index contributed by atoms with van der Waals surface area (Å²) in [5, 5.41) is 6.51. The Bertz CT molecular complexity index is 439. The Morgan fingerprint density at radius 2 is 2.32 bits per heavy atom. The van der Waals surface area contributed by atoms with Gasteiger partial charge in [-0.2, -0.15) is 0 Å². The van der Waals surface area contributed by atoms with Crippen molar-refractivity contribution in [1.82, 2.24) is 15.6 Å². The Morgan fingerprint density at radius 1 is 1.37 bits per heavy atom. The smallest absolute Gasteiger partial charge is 0.213 e. The number of hydrogen-bond acceptors (Lipinski definition) is 5. The fraction of sp³-hybridized carbons (Fsp3) is 0.571. The van der Waals surface area contributed by atoms with Gasteiger partial charge in [0.25, 0.3) is 0 Å². The van der Waals surface area contributed by atoms with E-state index in [1.807, 2.05) is 18.3 Å². The van der Waals surface area contributed by atoms with E-state index in [1.165, 1.54) is 12.8 Å². The predicted octanol–water partition coefficient (Wildman–Crippen LogP) is 1.31. The number of aliphatic imine (C=N–C) groups is 1. The zero-order valence-corrected chi connectivity index (χ0v) is 11.1. The molecule has 0 bridgehead atoms. The van der Waals surface area contributed by atoms with Crippen molar-refractivity contribution in [3.8, 4) is 5.88 Å². The normalized spacial score (nSPS) is 18.4. The van der Waals surface area contributed by atoms with E-state index < -0.39 is 0 Å². The van der Waals surface area contributed by atoms with Gasteiger partial charge in [-0.1, -0.05) is 6.07 Å². The van der Waals surface area contributed by atoms with Crippen molar-refractivity contribution >= 4 is 5.96 Å². The molecule has 3 rings (SSSR count). The van der Waals surface area contributed by atoms with E-state index in [0.717, 1.165) is 56.0 Å². The predicted molar refractivity (Wildman–Crippen MR) is 74.2 cm³/mol. The molecule has 2 N–H and O–H groups in total. The van der Waals surface area contributed by atoms with Crippen molar-refractivity contribution in [2.24, 2.45) is 10.9 Å². The van der Waals surface area contributed by atoms with Crippen LogP contribution in [0.15, 0.2) is 23.3 Å². The fourth-order valence-electron chi connectivity index (χ4n) is 1.93. The molecule has 1 aromatic rings. The summed E-state index contributed by atoms with van der Waals surface area (Å²) in [6.07, 6.45) is 5.58. The Hall–Kier alpha value is -1.78. The number of ether oxygens (including phenoxy) is 1. The van der Waals surface area contributed by atoms with Crippen LogP contribution >= 0.6 is 0 Å². The molecule has 1 aliphatic heterocycles. The van der Waals surface area contributed by atoms with Crippen molar-refractivity contribution in [1.29, 1.82) is 0 Å². The topological polar surface area (TPSA) is 58.5 Å². The second kappa shape index (κ2) is 5.91. The largest absolute Gasteiger partial charge is 0.477 e. The molecule has 1 saturated carbocycles. The number of nitrogens with one attached hydrogen (secondary N) is 2. The van der Waals surface area contributed by atoms with Gasteiger partial charge in [0.2, 0.25) is 5.88 Å². The van der Waals surface area contributed by atoms with Crippen LogP contribution in [0.3, 0.4) is 0 Å². The molecule has 0 atom stereocenters. The van der Waals surface area contributed by atoms with Gasteiger partial charge in [-0.15, -0.1) is 0 Å². The molecule has 0 spiro atoms. The minimum atomic E-state index is 0.726. The summed E-state index contributed by atoms with van der Waals surface area (Å²) in [5.41, 5.74) is 1.13. The summed E-state index contributed by atoms with van der Waals surface area (Å²) >= 11 is 0. The highest BCUT2D eigenvalue weighted by Gasteiger charge is 2.21. The number of aromatic nitrogens is 1. The molecule has 5 nitrogen and oxygen atoms in total. The third-order valence-electron chi connectivity index (χ3n) is 3.32. The third-order valence-corrected chi connectivity index (χ3v) is 3.32. The fourth-order valence-corrected chi connectivity index (χ4v) is 1.93. The minimum Gasteiger partial charge on any atom is -0.477 e. The molecule has 0 radical (unpaired) electrons. The highest BCUT2D eigenvalue weighted by atomic mass is 16.5. The summed E-state index contributed by atoms with van der Waals surface area (Å²) in [6.45, 7) is 3.45. The van der Waals surface area contributed by atoms with E-state index >= 15 is 0 Å². The number of nitrogens with zero attached hydrogens (tertiary/aromatic N) is 2. The Morgan fingerprint density at radius 3 is 3.00 bits per heavy atom. The van der Waals surface area contributed by atoms with E-state index in [9.17, 15) is 0 Å². The molecule has 1 fully saturated rings. The van der Waals surface area contributed by atoms with E-state index in [-0.39, 0.29) is 0 Å². The average Bonchev–Trinajstić information content (AvgIpc) is 3.29. The zero-order valence-electron chi connectivity index (χ0n) is 11.1. The Kier molecular flexibility index (Phi) is 3.81. The van der Waals surface area contributed by atoms with Crippen LogP contribution in [0, 0.1) is 5.92 Å². The molecule has 102 valence electrons. The number of guanidine groups is 1. The molecule has 0 aromatic carbocycles. The quantitative estimate of drug-likeness (QED) is 0.838. The first-order chi connectivity index (χ1) is 9.40. The van der Waals surface area contributed by atoms with Gasteiger partial charge in [0, 0.05) is 31.9 Å². The summed E-state index contributed by atoms with van der Waals surface area (Å²) < 4.78 is 5.61. The lowest BCUT2D eigenvalue weighted by Gasteiger charge is -2.15. The molecule has 2 aliphatic rings. The molecule has 5 heteroatoms. The lowest BCUT2D eigenvalue weighted by Crippen LogP contribution is -2.40. The van der Waals surface area contributed by atoms with Crippen LogP contribution in [0.4, 0.5) is 0 Å². The average molecular weight is 260 g/mol. The number of rotatable bonds is 5. The lowest BCUT2D eigenvalue weighted by atomic mass is 10.3. The van der Waals surface area contributed by atoms with Crippen LogP contribution in [0.25, 0.3) is 0 Å². The van der Waals surface area contributed by atoms with Crippen LogP contribution in [0.1, 0.15) is 24.8 Å². The third kappa shape index (κ3) is 3.84. The molecule has 0 unspecified atom stereocenters. The zero-order chi connectivity index (χ0) is 12.9. The Labute approximate surface area is 113 Å². The van der Waals surface area contributed by atoms with Crippen molar-refractivity contribution < 1.29 is 4.74 Å². The van der Waals surface area contributed by atoms with Crippen molar-refractivity contribution in [3.63, 3.8) is 0 Å². The van der Waals surface area contributed by atoms with E-state index in [1.54, 1.807) is 0 Å². The maximum absolute atomic E-state index is 5.61. The molecule has 0 saturated heterocycles. The van der Waals surface area contributed by atoms with Crippen LogP contribution in [0.2, 0.25) is 0 Å². The highest BCUT2D eigenvalue weighted by molar-refractivity contribution is 5.80. The van der Waals surface area contributed by atoms with Gasteiger partial charge < -0.3 is 15.4 Å². The standard InChI is InChI=1S/C14H20N4O/c1-6-15-14(16-7-1)18-9-12-4-5-13(17-8-12)19-10-11-2-3-11/h4-5,8,11H,1-3,6-7,9-10H2,(H2,15,16,18). The van der Waals surface area contributed by atoms with Gasteiger partial charge in [0.15, 0.2) is 5.96 Å². The summed E-state index contributed by atoms with van der Waals surface area (Å²) in [6, 6.07) is 3.99. The maximum Gasteiger partial charge on any atom is 0.213 e. The molecule has 19 heavy (non-hydrogen) atoms. The van der Waals surface area contributed by atoms with Crippen LogP contribution in [0.5, 0.6) is 5.88 Å². The van der Waals surface area contributed by atoms with Gasteiger partial charge in [0.1, 0.15) is 0 Å². The van der Waals surface area contributed by atoms with E-state index in [2.05, 4.69) is 20.6 Å². The van der Waals surface area contributed by atoms with Crippen molar-refractivity contribution in [3.05, 3.63) is 23.9 Å². The molecular weight excluding hydrogens is 240 g/mol. The lowest BCUT2D eigenvalue weighted by molar-refractivity contribution is 0.288. The van der Waals surface area contributed by atoms with Crippen LogP contribution < -0.4 is 15.4 Å². The first-order valence-electron chi connectivity index (χ1n) is 7.00. The van der Waals surface area contributed by atoms with Gasteiger partial charge in [-0.25, -0.2) is 4.98 Å². The monoisotopic (exact) mass is 260 g/mol. The Balaban J connectivity index is 1.46. The van der Waals surface area contributed by atoms with Gasteiger partial charge in [-0.05, 0) is 30.7 Å². The van der Waals surface area contributed by atoms with Crippen LogP contribution in [-0.2, 0) is 6.54 Å². The maximum atomic E-state index is 5.61. The summed E-state index contributed by atoms with van der Waals surface area (Å²) in [4.78, 5) is 8.69. The summed E-state index contributed by atoms with van der Waals surface area (Å²) in [5.74, 6) is 2.38. The number of pyridine rings is 1. The van der Waals surface area contributed by atoms with E-state index in [4.69, 9.17) is 4.74 Å². The van der Waals surface area contributed by atoms with Crippen molar-refractivity contribution in [2.75, 3.05) is 19.7 Å². The molecule has 2 heterocycles. The SMILES string of the molecule is c1cc(OCC2CC2)ncc1CNC1=NCCCN1. The second-order valence-corrected chi connectivity index (χ2v) is 5.12. The van der Waals surface area contributed by atoms with Crippen LogP contribution in [-0.4, -0.2) is 30.6 Å². The molecule has 0 amide bonds. The molecular formula is C14H20N4O. The first-order valence-corrected chi connectivity index (χ1v) is 7.00. The van der Waals surface area contributed by atoms with Gasteiger partial charge in [0.05, 0.1) is 6.61 Å². The molecule has 1 aliphatic carbocycles. The summed E-state index contributed by atoms with van der Waals surface area (Å²) in [7, 11) is 0. The first kappa shape index (κ1) is 12.3. The molecule has 1 aromatic heterocycles. The number of hydrogen-bond donors (Lipinski definition) is 2. The van der Waals surface area contributed by atoms with Gasteiger partial charge in [-0.3, -0.25) is 4.99 Å². The minimum absolute atomic E-state index is 0.726. The highest BCUT2D eigenvalue weighted by Crippen LogP contribution is 2.29. The van der Waals surface area contributed by atoms with E-state index in [0.29, 0.717) is 0 Å². The second-order valence-electron chi connectivity index (χ2n) is 5.12. The van der Waals surface area contributed by atoms with Gasteiger partial charge >= 0.3 is 0 Å².